The first-order valence-corrected chi connectivity index (χ1v) is 8.39. The molecular formula is C14H22ClFN2O2S. The van der Waals surface area contributed by atoms with E-state index in [1.54, 1.807) is 11.2 Å². The molecule has 1 N–H and O–H groups in total. The van der Waals surface area contributed by atoms with Crippen LogP contribution in [0.1, 0.15) is 25.3 Å². The Morgan fingerprint density at radius 3 is 2.67 bits per heavy atom. The van der Waals surface area contributed by atoms with Crippen molar-refractivity contribution in [1.82, 2.24) is 9.62 Å². The summed E-state index contributed by atoms with van der Waals surface area (Å²) in [5.41, 5.74) is 0.456. The molecule has 2 rings (SSSR count). The summed E-state index contributed by atoms with van der Waals surface area (Å²) < 4.78 is 40.4. The van der Waals surface area contributed by atoms with Crippen LogP contribution in [-0.2, 0) is 10.0 Å². The van der Waals surface area contributed by atoms with Crippen LogP contribution in [0.5, 0.6) is 0 Å². The summed E-state index contributed by atoms with van der Waals surface area (Å²) >= 11 is 0. The van der Waals surface area contributed by atoms with E-state index in [9.17, 15) is 12.8 Å². The zero-order valence-corrected chi connectivity index (χ0v) is 13.9. The van der Waals surface area contributed by atoms with E-state index in [-0.39, 0.29) is 23.3 Å². The van der Waals surface area contributed by atoms with Crippen molar-refractivity contribution in [2.45, 2.75) is 37.6 Å². The second-order valence-corrected chi connectivity index (χ2v) is 7.03. The molecule has 0 saturated carbocycles. The van der Waals surface area contributed by atoms with Crippen molar-refractivity contribution in [1.29, 1.82) is 0 Å². The number of halogens is 2. The Bertz CT molecular complexity index is 574. The lowest BCUT2D eigenvalue weighted by Crippen LogP contribution is -2.42. The minimum atomic E-state index is -3.57. The average Bonchev–Trinajstić information content (AvgIpc) is 2.88. The summed E-state index contributed by atoms with van der Waals surface area (Å²) in [5, 5.41) is 3.19. The Morgan fingerprint density at radius 2 is 2.14 bits per heavy atom. The normalized spacial score (nSPS) is 18.8. The molecule has 1 heterocycles. The van der Waals surface area contributed by atoms with Gasteiger partial charge in [-0.25, -0.2) is 12.8 Å². The van der Waals surface area contributed by atoms with Gasteiger partial charge in [-0.3, -0.25) is 0 Å². The van der Waals surface area contributed by atoms with Gasteiger partial charge in [-0.1, -0.05) is 6.92 Å². The third kappa shape index (κ3) is 3.94. The fourth-order valence-corrected chi connectivity index (χ4v) is 4.59. The van der Waals surface area contributed by atoms with Gasteiger partial charge in [0, 0.05) is 19.1 Å². The molecule has 1 aromatic rings. The largest absolute Gasteiger partial charge is 0.315 e. The van der Waals surface area contributed by atoms with Crippen LogP contribution < -0.4 is 5.32 Å². The lowest BCUT2D eigenvalue weighted by atomic mass is 10.2. The number of hydrogen-bond donors (Lipinski definition) is 1. The van der Waals surface area contributed by atoms with Crippen molar-refractivity contribution in [2.24, 2.45) is 0 Å². The standard InChI is InChI=1S/C14H21FN2O2S.ClH/c1-3-8-17(13-6-7-16-10-13)20(18,19)14-5-4-12(15)9-11(14)2;/h4-5,9,13,16H,3,6-8,10H2,1-2H3;1H. The van der Waals surface area contributed by atoms with Gasteiger partial charge in [0.05, 0.1) is 4.90 Å². The molecule has 1 aliphatic rings. The lowest BCUT2D eigenvalue weighted by Gasteiger charge is -2.27. The molecule has 120 valence electrons. The van der Waals surface area contributed by atoms with Gasteiger partial charge < -0.3 is 5.32 Å². The first-order valence-electron chi connectivity index (χ1n) is 6.95. The molecule has 1 unspecified atom stereocenters. The third-order valence-electron chi connectivity index (χ3n) is 3.61. The molecule has 0 radical (unpaired) electrons. The highest BCUT2D eigenvalue weighted by Gasteiger charge is 2.33. The quantitative estimate of drug-likeness (QED) is 0.897. The van der Waals surface area contributed by atoms with E-state index in [2.05, 4.69) is 5.32 Å². The molecule has 1 fully saturated rings. The number of aryl methyl sites for hydroxylation is 1. The minimum Gasteiger partial charge on any atom is -0.315 e. The Kier molecular flexibility index (Phi) is 6.59. The zero-order valence-electron chi connectivity index (χ0n) is 12.3. The van der Waals surface area contributed by atoms with Crippen LogP contribution in [0.4, 0.5) is 4.39 Å². The number of nitrogens with zero attached hydrogens (tertiary/aromatic N) is 1. The summed E-state index contributed by atoms with van der Waals surface area (Å²) in [5.74, 6) is -0.411. The molecule has 21 heavy (non-hydrogen) atoms. The molecule has 0 bridgehead atoms. The van der Waals surface area contributed by atoms with Crippen LogP contribution in [0.15, 0.2) is 23.1 Å². The third-order valence-corrected chi connectivity index (χ3v) is 5.72. The maximum absolute atomic E-state index is 13.2. The number of hydrogen-bond acceptors (Lipinski definition) is 3. The van der Waals surface area contributed by atoms with Crippen molar-refractivity contribution in [2.75, 3.05) is 19.6 Å². The van der Waals surface area contributed by atoms with Crippen molar-refractivity contribution in [3.63, 3.8) is 0 Å². The molecule has 0 aliphatic carbocycles. The van der Waals surface area contributed by atoms with E-state index in [1.165, 1.54) is 18.2 Å². The van der Waals surface area contributed by atoms with E-state index < -0.39 is 15.8 Å². The lowest BCUT2D eigenvalue weighted by molar-refractivity contribution is 0.335. The number of nitrogens with one attached hydrogen (secondary N) is 1. The van der Waals surface area contributed by atoms with Crippen LogP contribution >= 0.6 is 12.4 Å². The van der Waals surface area contributed by atoms with Crippen molar-refractivity contribution in [3.05, 3.63) is 29.6 Å². The fourth-order valence-electron chi connectivity index (χ4n) is 2.63. The molecule has 1 atom stereocenters. The minimum absolute atomic E-state index is 0. The highest BCUT2D eigenvalue weighted by molar-refractivity contribution is 7.89. The van der Waals surface area contributed by atoms with Crippen LogP contribution in [-0.4, -0.2) is 38.4 Å². The van der Waals surface area contributed by atoms with E-state index in [0.717, 1.165) is 19.4 Å². The number of benzene rings is 1. The molecular weight excluding hydrogens is 315 g/mol. The summed E-state index contributed by atoms with van der Waals surface area (Å²) in [6.07, 6.45) is 1.58. The predicted molar refractivity (Wildman–Crippen MR) is 83.8 cm³/mol. The summed E-state index contributed by atoms with van der Waals surface area (Å²) in [4.78, 5) is 0.208. The number of rotatable bonds is 5. The van der Waals surface area contributed by atoms with Crippen LogP contribution in [0.2, 0.25) is 0 Å². The maximum Gasteiger partial charge on any atom is 0.243 e. The highest BCUT2D eigenvalue weighted by atomic mass is 35.5. The second kappa shape index (κ2) is 7.54. The smallest absolute Gasteiger partial charge is 0.243 e. The summed E-state index contributed by atoms with van der Waals surface area (Å²) in [6.45, 7) is 5.60. The maximum atomic E-state index is 13.2. The van der Waals surface area contributed by atoms with Gasteiger partial charge >= 0.3 is 0 Å². The first-order chi connectivity index (χ1) is 9.46. The molecule has 1 aromatic carbocycles. The van der Waals surface area contributed by atoms with E-state index in [1.807, 2.05) is 6.92 Å². The van der Waals surface area contributed by atoms with E-state index >= 15 is 0 Å². The predicted octanol–water partition coefficient (Wildman–Crippen LogP) is 2.32. The summed E-state index contributed by atoms with van der Waals surface area (Å²) in [7, 11) is -3.57. The van der Waals surface area contributed by atoms with E-state index in [0.29, 0.717) is 18.7 Å². The number of sulfonamides is 1. The monoisotopic (exact) mass is 336 g/mol. The van der Waals surface area contributed by atoms with Crippen LogP contribution in [0.25, 0.3) is 0 Å². The Morgan fingerprint density at radius 1 is 1.43 bits per heavy atom. The molecule has 0 aromatic heterocycles. The molecule has 7 heteroatoms. The Labute approximate surface area is 132 Å². The van der Waals surface area contributed by atoms with Gasteiger partial charge in [0.15, 0.2) is 0 Å². The fraction of sp³-hybridized carbons (Fsp3) is 0.571. The van der Waals surface area contributed by atoms with Crippen molar-refractivity contribution in [3.8, 4) is 0 Å². The van der Waals surface area contributed by atoms with Gasteiger partial charge in [0.25, 0.3) is 0 Å². The Hall–Kier alpha value is -0.690. The SMILES string of the molecule is CCCN(C1CCNC1)S(=O)(=O)c1ccc(F)cc1C.Cl. The highest BCUT2D eigenvalue weighted by Crippen LogP contribution is 2.24. The first kappa shape index (κ1) is 18.4. The van der Waals surface area contributed by atoms with Crippen LogP contribution in [0, 0.1) is 12.7 Å². The van der Waals surface area contributed by atoms with Crippen molar-refractivity contribution < 1.29 is 12.8 Å². The van der Waals surface area contributed by atoms with Crippen molar-refractivity contribution >= 4 is 22.4 Å². The van der Waals surface area contributed by atoms with Crippen LogP contribution in [0.3, 0.4) is 0 Å². The second-order valence-electron chi connectivity index (χ2n) is 5.17. The molecule has 4 nitrogen and oxygen atoms in total. The van der Waals surface area contributed by atoms with Gasteiger partial charge in [-0.2, -0.15) is 4.31 Å². The molecule has 1 saturated heterocycles. The van der Waals surface area contributed by atoms with Gasteiger partial charge in [0.2, 0.25) is 10.0 Å². The molecule has 0 amide bonds. The Balaban J connectivity index is 0.00000220. The zero-order chi connectivity index (χ0) is 14.8. The average molecular weight is 337 g/mol. The van der Waals surface area contributed by atoms with E-state index in [4.69, 9.17) is 0 Å². The topological polar surface area (TPSA) is 49.4 Å². The van der Waals surface area contributed by atoms with Gasteiger partial charge in [-0.05, 0) is 50.1 Å². The summed E-state index contributed by atoms with van der Waals surface area (Å²) in [6, 6.07) is 3.83. The molecule has 0 spiro atoms. The van der Waals surface area contributed by atoms with Gasteiger partial charge in [0.1, 0.15) is 5.82 Å². The molecule has 1 aliphatic heterocycles. The van der Waals surface area contributed by atoms with Gasteiger partial charge in [-0.15, -0.1) is 12.4 Å².